The number of benzene rings is 2. The van der Waals surface area contributed by atoms with E-state index in [0.717, 1.165) is 17.7 Å². The fraction of sp³-hybridized carbons (Fsp3) is 0.200. The van der Waals surface area contributed by atoms with E-state index >= 15 is 0 Å². The Labute approximate surface area is 141 Å². The molecular weight excluding hydrogens is 300 g/mol. The lowest BCUT2D eigenvalue weighted by Crippen LogP contribution is -2.25. The maximum atomic E-state index is 11.9. The molecule has 0 saturated heterocycles. The highest BCUT2D eigenvalue weighted by Crippen LogP contribution is 2.17. The molecule has 4 nitrogen and oxygen atoms in total. The molecule has 24 heavy (non-hydrogen) atoms. The Morgan fingerprint density at radius 3 is 2.42 bits per heavy atom. The minimum absolute atomic E-state index is 0.0608. The summed E-state index contributed by atoms with van der Waals surface area (Å²) in [7, 11) is 0. The summed E-state index contributed by atoms with van der Waals surface area (Å²) >= 11 is 0. The van der Waals surface area contributed by atoms with Crippen LogP contribution in [0.4, 0.5) is 0 Å². The highest BCUT2D eigenvalue weighted by molar-refractivity contribution is 5.76. The SMILES string of the molecule is O=C(CCc1ccccc1)NCCc1coc(-c2ccccc2)n1. The van der Waals surface area contributed by atoms with Crippen LogP contribution in [0.25, 0.3) is 11.5 Å². The van der Waals surface area contributed by atoms with Crippen LogP contribution in [0.3, 0.4) is 0 Å². The first-order valence-electron chi connectivity index (χ1n) is 8.12. The van der Waals surface area contributed by atoms with Gasteiger partial charge in [-0.05, 0) is 24.1 Å². The Hall–Kier alpha value is -2.88. The largest absolute Gasteiger partial charge is 0.444 e. The second-order valence-electron chi connectivity index (χ2n) is 5.60. The number of aromatic nitrogens is 1. The fourth-order valence-electron chi connectivity index (χ4n) is 2.46. The predicted octanol–water partition coefficient (Wildman–Crippen LogP) is 3.63. The Morgan fingerprint density at radius 1 is 0.958 bits per heavy atom. The molecule has 3 aromatic rings. The van der Waals surface area contributed by atoms with Crippen molar-refractivity contribution in [1.29, 1.82) is 0 Å². The fourth-order valence-corrected chi connectivity index (χ4v) is 2.46. The van der Waals surface area contributed by atoms with Crippen LogP contribution in [-0.4, -0.2) is 17.4 Å². The lowest BCUT2D eigenvalue weighted by atomic mass is 10.1. The van der Waals surface area contributed by atoms with E-state index < -0.39 is 0 Å². The molecule has 2 aromatic carbocycles. The topological polar surface area (TPSA) is 55.1 Å². The number of carbonyl (C=O) groups excluding carboxylic acids is 1. The van der Waals surface area contributed by atoms with Gasteiger partial charge in [-0.3, -0.25) is 4.79 Å². The zero-order chi connectivity index (χ0) is 16.6. The van der Waals surface area contributed by atoms with Gasteiger partial charge in [0.2, 0.25) is 11.8 Å². The minimum atomic E-state index is 0.0608. The molecule has 0 aliphatic heterocycles. The van der Waals surface area contributed by atoms with Crippen LogP contribution in [0, 0.1) is 0 Å². The van der Waals surface area contributed by atoms with E-state index in [0.29, 0.717) is 25.3 Å². The Kier molecular flexibility index (Phi) is 5.40. The zero-order valence-corrected chi connectivity index (χ0v) is 13.4. The van der Waals surface area contributed by atoms with Crippen LogP contribution in [0.5, 0.6) is 0 Å². The zero-order valence-electron chi connectivity index (χ0n) is 13.4. The number of amides is 1. The van der Waals surface area contributed by atoms with Crippen LogP contribution in [0.2, 0.25) is 0 Å². The first-order valence-corrected chi connectivity index (χ1v) is 8.12. The number of nitrogens with zero attached hydrogens (tertiary/aromatic N) is 1. The Balaban J connectivity index is 1.42. The summed E-state index contributed by atoms with van der Waals surface area (Å²) in [5.74, 6) is 0.673. The molecule has 0 atom stereocenters. The van der Waals surface area contributed by atoms with Gasteiger partial charge in [0.25, 0.3) is 0 Å². The number of rotatable bonds is 7. The number of nitrogens with one attached hydrogen (secondary N) is 1. The van der Waals surface area contributed by atoms with E-state index in [-0.39, 0.29) is 5.91 Å². The first-order chi connectivity index (χ1) is 11.8. The van der Waals surface area contributed by atoms with Gasteiger partial charge in [0, 0.05) is 24.9 Å². The summed E-state index contributed by atoms with van der Waals surface area (Å²) in [4.78, 5) is 16.3. The molecule has 0 fully saturated rings. The normalized spacial score (nSPS) is 10.5. The number of hydrogen-bond acceptors (Lipinski definition) is 3. The van der Waals surface area contributed by atoms with Gasteiger partial charge in [0.1, 0.15) is 6.26 Å². The third-order valence-electron chi connectivity index (χ3n) is 3.76. The molecule has 0 spiro atoms. The highest BCUT2D eigenvalue weighted by atomic mass is 16.3. The van der Waals surface area contributed by atoms with E-state index in [9.17, 15) is 4.79 Å². The van der Waals surface area contributed by atoms with Crippen LogP contribution in [-0.2, 0) is 17.6 Å². The molecule has 122 valence electrons. The van der Waals surface area contributed by atoms with Crippen molar-refractivity contribution in [2.45, 2.75) is 19.3 Å². The standard InChI is InChI=1S/C20H20N2O2/c23-19(12-11-16-7-3-1-4-8-16)21-14-13-18-15-24-20(22-18)17-9-5-2-6-10-17/h1-10,15H,11-14H2,(H,21,23). The molecule has 1 aromatic heterocycles. The van der Waals surface area contributed by atoms with Crippen molar-refractivity contribution in [2.75, 3.05) is 6.54 Å². The summed E-state index contributed by atoms with van der Waals surface area (Å²) in [5, 5.41) is 2.93. The summed E-state index contributed by atoms with van der Waals surface area (Å²) in [6.07, 6.45) is 3.57. The van der Waals surface area contributed by atoms with Gasteiger partial charge in [0.15, 0.2) is 0 Å². The Bertz CT molecular complexity index is 767. The van der Waals surface area contributed by atoms with Crippen LogP contribution >= 0.6 is 0 Å². The van der Waals surface area contributed by atoms with Crippen molar-refractivity contribution < 1.29 is 9.21 Å². The number of hydrogen-bond donors (Lipinski definition) is 1. The van der Waals surface area contributed by atoms with Gasteiger partial charge in [-0.2, -0.15) is 0 Å². The molecule has 0 radical (unpaired) electrons. The van der Waals surface area contributed by atoms with E-state index in [2.05, 4.69) is 10.3 Å². The first kappa shape index (κ1) is 16.0. The maximum absolute atomic E-state index is 11.9. The molecule has 0 bridgehead atoms. The maximum Gasteiger partial charge on any atom is 0.226 e. The van der Waals surface area contributed by atoms with Crippen LogP contribution in [0.1, 0.15) is 17.7 Å². The van der Waals surface area contributed by atoms with Crippen molar-refractivity contribution in [1.82, 2.24) is 10.3 Å². The quantitative estimate of drug-likeness (QED) is 0.723. The molecule has 1 heterocycles. The van der Waals surface area contributed by atoms with Crippen LogP contribution < -0.4 is 5.32 Å². The van der Waals surface area contributed by atoms with Gasteiger partial charge in [0.05, 0.1) is 5.69 Å². The molecule has 0 aliphatic rings. The molecule has 4 heteroatoms. The average molecular weight is 320 g/mol. The van der Waals surface area contributed by atoms with Crippen molar-refractivity contribution in [3.05, 3.63) is 78.2 Å². The molecular formula is C20H20N2O2. The average Bonchev–Trinajstić information content (AvgIpc) is 3.11. The van der Waals surface area contributed by atoms with E-state index in [1.165, 1.54) is 5.56 Å². The second kappa shape index (κ2) is 8.11. The van der Waals surface area contributed by atoms with E-state index in [1.54, 1.807) is 6.26 Å². The molecule has 1 N–H and O–H groups in total. The van der Waals surface area contributed by atoms with Gasteiger partial charge in [-0.1, -0.05) is 48.5 Å². The van der Waals surface area contributed by atoms with Gasteiger partial charge >= 0.3 is 0 Å². The molecule has 0 unspecified atom stereocenters. The minimum Gasteiger partial charge on any atom is -0.444 e. The van der Waals surface area contributed by atoms with E-state index in [1.807, 2.05) is 60.7 Å². The summed E-state index contributed by atoms with van der Waals surface area (Å²) in [6, 6.07) is 19.8. The summed E-state index contributed by atoms with van der Waals surface area (Å²) in [6.45, 7) is 0.564. The third kappa shape index (κ3) is 4.56. The van der Waals surface area contributed by atoms with Crippen molar-refractivity contribution in [3.8, 4) is 11.5 Å². The summed E-state index contributed by atoms with van der Waals surface area (Å²) in [5.41, 5.74) is 2.98. The molecule has 0 saturated carbocycles. The van der Waals surface area contributed by atoms with E-state index in [4.69, 9.17) is 4.42 Å². The van der Waals surface area contributed by atoms with Crippen molar-refractivity contribution in [2.24, 2.45) is 0 Å². The van der Waals surface area contributed by atoms with Gasteiger partial charge in [-0.15, -0.1) is 0 Å². The highest BCUT2D eigenvalue weighted by Gasteiger charge is 2.07. The number of aryl methyl sites for hydroxylation is 1. The number of carbonyl (C=O) groups is 1. The van der Waals surface area contributed by atoms with Crippen molar-refractivity contribution in [3.63, 3.8) is 0 Å². The monoisotopic (exact) mass is 320 g/mol. The molecule has 1 amide bonds. The predicted molar refractivity (Wildman–Crippen MR) is 93.4 cm³/mol. The lowest BCUT2D eigenvalue weighted by Gasteiger charge is -2.04. The third-order valence-corrected chi connectivity index (χ3v) is 3.76. The number of oxazole rings is 1. The van der Waals surface area contributed by atoms with Gasteiger partial charge in [-0.25, -0.2) is 4.98 Å². The van der Waals surface area contributed by atoms with Gasteiger partial charge < -0.3 is 9.73 Å². The molecule has 0 aliphatic carbocycles. The lowest BCUT2D eigenvalue weighted by molar-refractivity contribution is -0.121. The smallest absolute Gasteiger partial charge is 0.226 e. The Morgan fingerprint density at radius 2 is 1.67 bits per heavy atom. The van der Waals surface area contributed by atoms with Crippen molar-refractivity contribution >= 4 is 5.91 Å². The second-order valence-corrected chi connectivity index (χ2v) is 5.60. The molecule has 3 rings (SSSR count). The summed E-state index contributed by atoms with van der Waals surface area (Å²) < 4.78 is 5.49. The van der Waals surface area contributed by atoms with Crippen LogP contribution in [0.15, 0.2) is 71.3 Å².